The Balaban J connectivity index is 2.27. The summed E-state index contributed by atoms with van der Waals surface area (Å²) in [6.45, 7) is 2.32. The van der Waals surface area contributed by atoms with Crippen molar-refractivity contribution in [3.8, 4) is 0 Å². The lowest BCUT2D eigenvalue weighted by molar-refractivity contribution is 0.581. The molecule has 0 saturated carbocycles. The Morgan fingerprint density at radius 3 is 2.59 bits per heavy atom. The normalized spacial score (nSPS) is 12.1. The topological polar surface area (TPSA) is 46.2 Å². The van der Waals surface area contributed by atoms with E-state index in [-0.39, 0.29) is 5.75 Å². The monoisotopic (exact) mass is 253 g/mol. The average Bonchev–Trinajstić information content (AvgIpc) is 2.30. The molecule has 1 rings (SSSR count). The van der Waals surface area contributed by atoms with Crippen molar-refractivity contribution in [1.29, 1.82) is 0 Å². The van der Waals surface area contributed by atoms with Crippen molar-refractivity contribution in [3.63, 3.8) is 0 Å². The van der Waals surface area contributed by atoms with E-state index in [9.17, 15) is 8.42 Å². The summed E-state index contributed by atoms with van der Waals surface area (Å²) < 4.78 is 25.2. The lowest BCUT2D eigenvalue weighted by atomic mass is 10.2. The molecular weight excluding hydrogens is 234 g/mol. The van der Waals surface area contributed by atoms with Crippen molar-refractivity contribution < 1.29 is 8.42 Å². The van der Waals surface area contributed by atoms with Crippen molar-refractivity contribution in [2.75, 3.05) is 12.3 Å². The highest BCUT2D eigenvalue weighted by Gasteiger charge is 2.05. The molecule has 0 fully saturated rings. The minimum absolute atomic E-state index is 0.204. The Hall–Kier alpha value is -1.13. The van der Waals surface area contributed by atoms with Crippen LogP contribution >= 0.6 is 0 Å². The maximum absolute atomic E-state index is 11.3. The molecule has 0 radical (unpaired) electrons. The van der Waals surface area contributed by atoms with Gasteiger partial charge in [-0.25, -0.2) is 13.1 Å². The minimum Gasteiger partial charge on any atom is -0.215 e. The second-order valence-electron chi connectivity index (χ2n) is 3.81. The van der Waals surface area contributed by atoms with Crippen LogP contribution in [0.4, 0.5) is 0 Å². The second-order valence-corrected chi connectivity index (χ2v) is 5.74. The summed E-state index contributed by atoms with van der Waals surface area (Å²) in [5.41, 5.74) is 1.13. The zero-order valence-corrected chi connectivity index (χ0v) is 10.9. The molecule has 0 aliphatic carbocycles. The van der Waals surface area contributed by atoms with Crippen LogP contribution in [0.15, 0.2) is 36.4 Å². The van der Waals surface area contributed by atoms with Gasteiger partial charge in [0.25, 0.3) is 0 Å². The van der Waals surface area contributed by atoms with Gasteiger partial charge in [-0.2, -0.15) is 0 Å². The minimum atomic E-state index is -3.06. The molecule has 0 aromatic heterocycles. The fourth-order valence-electron chi connectivity index (χ4n) is 1.42. The Kier molecular flexibility index (Phi) is 5.94. The number of benzene rings is 1. The zero-order valence-electron chi connectivity index (χ0n) is 10.1. The van der Waals surface area contributed by atoms with E-state index in [1.165, 1.54) is 0 Å². The van der Waals surface area contributed by atoms with Crippen LogP contribution in [0.5, 0.6) is 0 Å². The van der Waals surface area contributed by atoms with Crippen LogP contribution in [0.25, 0.3) is 6.08 Å². The molecule has 0 aliphatic heterocycles. The van der Waals surface area contributed by atoms with Crippen molar-refractivity contribution >= 4 is 16.1 Å². The number of nitrogens with one attached hydrogen (secondary N) is 1. The Morgan fingerprint density at radius 2 is 1.94 bits per heavy atom. The summed E-state index contributed by atoms with van der Waals surface area (Å²) in [5.74, 6) is 0.204. The summed E-state index contributed by atoms with van der Waals surface area (Å²) >= 11 is 0. The Labute approximate surface area is 104 Å². The summed E-state index contributed by atoms with van der Waals surface area (Å²) in [6.07, 6.45) is 5.32. The van der Waals surface area contributed by atoms with Gasteiger partial charge < -0.3 is 0 Å². The summed E-state index contributed by atoms with van der Waals surface area (Å²) in [6, 6.07) is 9.94. The molecule has 4 heteroatoms. The second kappa shape index (κ2) is 7.25. The van der Waals surface area contributed by atoms with Gasteiger partial charge in [-0.1, -0.05) is 49.4 Å². The average molecular weight is 253 g/mol. The molecule has 1 N–H and O–H groups in total. The molecule has 3 nitrogen and oxygen atoms in total. The summed E-state index contributed by atoms with van der Waals surface area (Å²) in [4.78, 5) is 0. The quantitative estimate of drug-likeness (QED) is 0.759. The van der Waals surface area contributed by atoms with E-state index < -0.39 is 10.0 Å². The van der Waals surface area contributed by atoms with E-state index in [0.717, 1.165) is 5.56 Å². The first-order valence-electron chi connectivity index (χ1n) is 5.83. The SMILES string of the molecule is CCCS(=O)(=O)NCC/C=C/c1ccccc1. The predicted octanol–water partition coefficient (Wildman–Crippen LogP) is 2.42. The highest BCUT2D eigenvalue weighted by Crippen LogP contribution is 2.01. The molecule has 0 heterocycles. The van der Waals surface area contributed by atoms with Crippen LogP contribution in [-0.2, 0) is 10.0 Å². The van der Waals surface area contributed by atoms with Gasteiger partial charge in [0, 0.05) is 6.54 Å². The van der Waals surface area contributed by atoms with Crippen LogP contribution in [0.2, 0.25) is 0 Å². The third-order valence-corrected chi connectivity index (χ3v) is 3.81. The number of sulfonamides is 1. The summed E-state index contributed by atoms with van der Waals surface area (Å²) in [5, 5.41) is 0. The van der Waals surface area contributed by atoms with Crippen LogP contribution < -0.4 is 4.72 Å². The Bertz CT molecular complexity index is 438. The molecule has 0 spiro atoms. The molecule has 94 valence electrons. The number of hydrogen-bond donors (Lipinski definition) is 1. The van der Waals surface area contributed by atoms with E-state index in [4.69, 9.17) is 0 Å². The first kappa shape index (κ1) is 13.9. The van der Waals surface area contributed by atoms with E-state index in [0.29, 0.717) is 19.4 Å². The van der Waals surface area contributed by atoms with Crippen molar-refractivity contribution in [1.82, 2.24) is 4.72 Å². The van der Waals surface area contributed by atoms with Crippen molar-refractivity contribution in [2.24, 2.45) is 0 Å². The first-order chi connectivity index (χ1) is 8.14. The molecule has 17 heavy (non-hydrogen) atoms. The smallest absolute Gasteiger partial charge is 0.211 e. The van der Waals surface area contributed by atoms with E-state index in [2.05, 4.69) is 4.72 Å². The van der Waals surface area contributed by atoms with Crippen LogP contribution in [0.1, 0.15) is 25.3 Å². The number of hydrogen-bond acceptors (Lipinski definition) is 2. The van der Waals surface area contributed by atoms with Crippen molar-refractivity contribution in [2.45, 2.75) is 19.8 Å². The van der Waals surface area contributed by atoms with E-state index in [1.807, 2.05) is 49.4 Å². The number of rotatable bonds is 7. The molecular formula is C13H19NO2S. The fraction of sp³-hybridized carbons (Fsp3) is 0.385. The largest absolute Gasteiger partial charge is 0.215 e. The lowest BCUT2D eigenvalue weighted by Crippen LogP contribution is -2.26. The van der Waals surface area contributed by atoms with Gasteiger partial charge in [0.1, 0.15) is 0 Å². The standard InChI is InChI=1S/C13H19NO2S/c1-2-12-17(15,16)14-11-7-6-10-13-8-4-3-5-9-13/h3-6,8-10,14H,2,7,11-12H2,1H3/b10-6+. The Morgan fingerprint density at radius 1 is 1.24 bits per heavy atom. The maximum atomic E-state index is 11.3. The zero-order chi connectivity index (χ0) is 12.6. The molecule has 0 unspecified atom stereocenters. The third-order valence-electron chi connectivity index (χ3n) is 2.22. The molecule has 0 aliphatic rings. The predicted molar refractivity (Wildman–Crippen MR) is 72.2 cm³/mol. The molecule has 1 aromatic rings. The molecule has 0 atom stereocenters. The van der Waals surface area contributed by atoms with Gasteiger partial charge in [-0.3, -0.25) is 0 Å². The highest BCUT2D eigenvalue weighted by atomic mass is 32.2. The van der Waals surface area contributed by atoms with Crippen LogP contribution in [0.3, 0.4) is 0 Å². The third kappa shape index (κ3) is 6.24. The summed E-state index contributed by atoms with van der Waals surface area (Å²) in [7, 11) is -3.06. The lowest BCUT2D eigenvalue weighted by Gasteiger charge is -2.02. The van der Waals surface area contributed by atoms with Gasteiger partial charge in [-0.15, -0.1) is 0 Å². The molecule has 1 aromatic carbocycles. The van der Waals surface area contributed by atoms with Gasteiger partial charge in [-0.05, 0) is 18.4 Å². The maximum Gasteiger partial charge on any atom is 0.211 e. The molecule has 0 saturated heterocycles. The van der Waals surface area contributed by atoms with Crippen molar-refractivity contribution in [3.05, 3.63) is 42.0 Å². The van der Waals surface area contributed by atoms with Gasteiger partial charge >= 0.3 is 0 Å². The molecule has 0 amide bonds. The van der Waals surface area contributed by atoms with Gasteiger partial charge in [0.2, 0.25) is 10.0 Å². The van der Waals surface area contributed by atoms with Crippen LogP contribution in [-0.4, -0.2) is 20.7 Å². The van der Waals surface area contributed by atoms with Gasteiger partial charge in [0.05, 0.1) is 5.75 Å². The highest BCUT2D eigenvalue weighted by molar-refractivity contribution is 7.89. The van der Waals surface area contributed by atoms with Crippen LogP contribution in [0, 0.1) is 0 Å². The van der Waals surface area contributed by atoms with Gasteiger partial charge in [0.15, 0.2) is 0 Å². The van der Waals surface area contributed by atoms with E-state index >= 15 is 0 Å². The van der Waals surface area contributed by atoms with E-state index in [1.54, 1.807) is 0 Å². The first-order valence-corrected chi connectivity index (χ1v) is 7.48. The fourth-order valence-corrected chi connectivity index (χ4v) is 2.53. The molecule has 0 bridgehead atoms.